The third-order valence-corrected chi connectivity index (χ3v) is 5.16. The van der Waals surface area contributed by atoms with Crippen molar-refractivity contribution in [2.75, 3.05) is 18.4 Å². The fourth-order valence-corrected chi connectivity index (χ4v) is 3.68. The summed E-state index contributed by atoms with van der Waals surface area (Å²) in [4.78, 5) is 14.9. The first kappa shape index (κ1) is 18.5. The Morgan fingerprint density at radius 2 is 1.92 bits per heavy atom. The normalized spacial score (nSPS) is 18.1. The van der Waals surface area contributed by atoms with Crippen LogP contribution in [0, 0.1) is 5.92 Å². The number of nitrogens with one attached hydrogen (secondary N) is 1. The van der Waals surface area contributed by atoms with Crippen LogP contribution in [-0.4, -0.2) is 23.9 Å². The average molecular weight is 398 g/mol. The van der Waals surface area contributed by atoms with E-state index in [0.717, 1.165) is 43.1 Å². The minimum Gasteiger partial charge on any atom is -0.324 e. The number of benzene rings is 2. The maximum absolute atomic E-state index is 12.6. The van der Waals surface area contributed by atoms with Crippen molar-refractivity contribution in [1.29, 1.82) is 0 Å². The van der Waals surface area contributed by atoms with Gasteiger partial charge in [0.1, 0.15) is 0 Å². The maximum Gasteiger partial charge on any atom is 0.228 e. The summed E-state index contributed by atoms with van der Waals surface area (Å²) in [6, 6.07) is 12.9. The Balaban J connectivity index is 1.62. The molecule has 0 radical (unpaired) electrons. The zero-order chi connectivity index (χ0) is 17.8. The summed E-state index contributed by atoms with van der Waals surface area (Å²) >= 11 is 18.2. The predicted molar refractivity (Wildman–Crippen MR) is 105 cm³/mol. The first-order valence-corrected chi connectivity index (χ1v) is 9.37. The van der Waals surface area contributed by atoms with Gasteiger partial charge in [0, 0.05) is 23.1 Å². The van der Waals surface area contributed by atoms with E-state index in [9.17, 15) is 4.79 Å². The Morgan fingerprint density at radius 1 is 1.12 bits per heavy atom. The van der Waals surface area contributed by atoms with E-state index in [2.05, 4.69) is 16.3 Å². The summed E-state index contributed by atoms with van der Waals surface area (Å²) in [6.45, 7) is 2.49. The van der Waals surface area contributed by atoms with Crippen LogP contribution >= 0.6 is 34.8 Å². The minimum absolute atomic E-state index is 0.0139. The monoisotopic (exact) mass is 396 g/mol. The van der Waals surface area contributed by atoms with E-state index in [4.69, 9.17) is 34.8 Å². The number of piperidine rings is 1. The number of anilines is 1. The average Bonchev–Trinajstić information content (AvgIpc) is 2.58. The van der Waals surface area contributed by atoms with Crippen LogP contribution in [0.1, 0.15) is 18.4 Å². The smallest absolute Gasteiger partial charge is 0.228 e. The number of hydrogen-bond acceptors (Lipinski definition) is 2. The summed E-state index contributed by atoms with van der Waals surface area (Å²) in [5.41, 5.74) is 1.72. The molecule has 2 aromatic rings. The second-order valence-electron chi connectivity index (χ2n) is 6.32. The van der Waals surface area contributed by atoms with Crippen molar-refractivity contribution in [2.24, 2.45) is 5.92 Å². The van der Waals surface area contributed by atoms with Gasteiger partial charge in [0.25, 0.3) is 0 Å². The zero-order valence-corrected chi connectivity index (χ0v) is 15.9. The van der Waals surface area contributed by atoms with Gasteiger partial charge in [-0.05, 0) is 55.3 Å². The maximum atomic E-state index is 12.6. The highest BCUT2D eigenvalue weighted by Crippen LogP contribution is 2.27. The van der Waals surface area contributed by atoms with Gasteiger partial charge in [0.2, 0.25) is 5.91 Å². The quantitative estimate of drug-likeness (QED) is 0.739. The molecule has 0 aliphatic carbocycles. The van der Waals surface area contributed by atoms with E-state index in [1.54, 1.807) is 18.2 Å². The summed E-state index contributed by atoms with van der Waals surface area (Å²) in [5.74, 6) is -0.0806. The number of halogens is 3. The van der Waals surface area contributed by atoms with Crippen LogP contribution < -0.4 is 5.32 Å². The standard InChI is InChI=1S/C19H19Cl3N2O/c20-15-5-1-3-13(9-15)11-24-8-2-4-14(12-24)19(25)23-18-10-16(21)6-7-17(18)22/h1,3,5-7,9-10,14H,2,4,8,11-12H2,(H,23,25). The van der Waals surface area contributed by atoms with Gasteiger partial charge in [-0.25, -0.2) is 0 Å². The number of rotatable bonds is 4. The summed E-state index contributed by atoms with van der Waals surface area (Å²) < 4.78 is 0. The molecule has 1 heterocycles. The van der Waals surface area contributed by atoms with Gasteiger partial charge in [-0.15, -0.1) is 0 Å². The van der Waals surface area contributed by atoms with Crippen molar-refractivity contribution < 1.29 is 4.79 Å². The van der Waals surface area contributed by atoms with Gasteiger partial charge in [-0.1, -0.05) is 46.9 Å². The predicted octanol–water partition coefficient (Wildman–Crippen LogP) is 5.50. The minimum atomic E-state index is -0.0667. The molecule has 0 aromatic heterocycles. The molecule has 1 atom stereocenters. The Morgan fingerprint density at radius 3 is 2.72 bits per heavy atom. The lowest BCUT2D eigenvalue weighted by molar-refractivity contribution is -0.121. The molecule has 6 heteroatoms. The van der Waals surface area contributed by atoms with Gasteiger partial charge in [0.15, 0.2) is 0 Å². The third-order valence-electron chi connectivity index (χ3n) is 4.36. The fourth-order valence-electron chi connectivity index (χ4n) is 3.13. The van der Waals surface area contributed by atoms with Crippen LogP contribution in [0.25, 0.3) is 0 Å². The number of carbonyl (C=O) groups excluding carboxylic acids is 1. The molecule has 3 nitrogen and oxygen atoms in total. The van der Waals surface area contributed by atoms with Gasteiger partial charge < -0.3 is 5.32 Å². The molecule has 1 unspecified atom stereocenters. The van der Waals surface area contributed by atoms with Gasteiger partial charge in [-0.2, -0.15) is 0 Å². The Kier molecular flexibility index (Phi) is 6.24. The highest BCUT2D eigenvalue weighted by atomic mass is 35.5. The molecule has 1 aliphatic rings. The van der Waals surface area contributed by atoms with Crippen LogP contribution in [0.3, 0.4) is 0 Å². The summed E-state index contributed by atoms with van der Waals surface area (Å²) in [7, 11) is 0. The lowest BCUT2D eigenvalue weighted by atomic mass is 9.96. The first-order chi connectivity index (χ1) is 12.0. The molecule has 1 aliphatic heterocycles. The van der Waals surface area contributed by atoms with Crippen molar-refractivity contribution in [3.05, 3.63) is 63.1 Å². The molecular formula is C19H19Cl3N2O. The van der Waals surface area contributed by atoms with E-state index >= 15 is 0 Å². The number of hydrogen-bond donors (Lipinski definition) is 1. The molecule has 1 N–H and O–H groups in total. The molecule has 0 spiro atoms. The molecule has 2 aromatic carbocycles. The number of likely N-dealkylation sites (tertiary alicyclic amines) is 1. The topological polar surface area (TPSA) is 32.3 Å². The fraction of sp³-hybridized carbons (Fsp3) is 0.316. The van der Waals surface area contributed by atoms with Crippen LogP contribution in [0.15, 0.2) is 42.5 Å². The van der Waals surface area contributed by atoms with Crippen molar-refractivity contribution in [3.63, 3.8) is 0 Å². The first-order valence-electron chi connectivity index (χ1n) is 8.24. The zero-order valence-electron chi connectivity index (χ0n) is 13.6. The van der Waals surface area contributed by atoms with E-state index in [1.807, 2.05) is 18.2 Å². The van der Waals surface area contributed by atoms with Crippen molar-refractivity contribution in [2.45, 2.75) is 19.4 Å². The lowest BCUT2D eigenvalue weighted by Crippen LogP contribution is -2.40. The highest BCUT2D eigenvalue weighted by molar-refractivity contribution is 6.35. The largest absolute Gasteiger partial charge is 0.324 e. The number of nitrogens with zero attached hydrogens (tertiary/aromatic N) is 1. The van der Waals surface area contributed by atoms with Crippen LogP contribution in [0.5, 0.6) is 0 Å². The molecule has 1 amide bonds. The van der Waals surface area contributed by atoms with Crippen molar-refractivity contribution >= 4 is 46.4 Å². The molecule has 1 saturated heterocycles. The lowest BCUT2D eigenvalue weighted by Gasteiger charge is -2.32. The van der Waals surface area contributed by atoms with E-state index in [0.29, 0.717) is 15.7 Å². The SMILES string of the molecule is O=C(Nc1cc(Cl)ccc1Cl)C1CCCN(Cc2cccc(Cl)c2)C1. The summed E-state index contributed by atoms with van der Waals surface area (Å²) in [5, 5.41) is 4.68. The molecule has 3 rings (SSSR count). The number of carbonyl (C=O) groups is 1. The second-order valence-corrected chi connectivity index (χ2v) is 7.60. The van der Waals surface area contributed by atoms with Gasteiger partial charge in [0.05, 0.1) is 16.6 Å². The molecule has 0 bridgehead atoms. The molecule has 25 heavy (non-hydrogen) atoms. The van der Waals surface area contributed by atoms with Gasteiger partial charge >= 0.3 is 0 Å². The highest BCUT2D eigenvalue weighted by Gasteiger charge is 2.26. The van der Waals surface area contributed by atoms with Crippen molar-refractivity contribution in [3.8, 4) is 0 Å². The van der Waals surface area contributed by atoms with E-state index < -0.39 is 0 Å². The molecule has 132 valence electrons. The Labute approximate surface area is 162 Å². The second kappa shape index (κ2) is 8.41. The van der Waals surface area contributed by atoms with Crippen molar-refractivity contribution in [1.82, 2.24) is 4.90 Å². The van der Waals surface area contributed by atoms with Crippen LogP contribution in [-0.2, 0) is 11.3 Å². The summed E-state index contributed by atoms with van der Waals surface area (Å²) in [6.07, 6.45) is 1.86. The van der Waals surface area contributed by atoms with Gasteiger partial charge in [-0.3, -0.25) is 9.69 Å². The van der Waals surface area contributed by atoms with Crippen LogP contribution in [0.4, 0.5) is 5.69 Å². The van der Waals surface area contributed by atoms with E-state index in [1.165, 1.54) is 0 Å². The molecular weight excluding hydrogens is 379 g/mol. The molecule has 0 saturated carbocycles. The Bertz CT molecular complexity index is 766. The molecule has 1 fully saturated rings. The van der Waals surface area contributed by atoms with E-state index in [-0.39, 0.29) is 11.8 Å². The van der Waals surface area contributed by atoms with Crippen LogP contribution in [0.2, 0.25) is 15.1 Å². The Hall–Kier alpha value is -1.26. The third kappa shape index (κ3) is 5.11. The number of amides is 1.